The van der Waals surface area contributed by atoms with Gasteiger partial charge in [-0.25, -0.2) is 4.79 Å². The lowest BCUT2D eigenvalue weighted by molar-refractivity contribution is -0.142. The Morgan fingerprint density at radius 2 is 1.89 bits per heavy atom. The smallest absolute Gasteiger partial charge is 0.397 e. The number of hydrogen-bond acceptors (Lipinski definition) is 3. The molecular formula is C10H16F3NO3S. The number of aliphatic carboxylic acids is 1. The quantitative estimate of drug-likeness (QED) is 0.750. The summed E-state index contributed by atoms with van der Waals surface area (Å²) in [6, 6.07) is -1.05. The molecule has 8 heteroatoms. The molecule has 0 spiro atoms. The number of thioether (sulfide) groups is 1. The number of rotatable bonds is 7. The predicted octanol–water partition coefficient (Wildman–Crippen LogP) is 1.90. The third-order valence-corrected chi connectivity index (χ3v) is 2.84. The second-order valence-corrected chi connectivity index (χ2v) is 5.18. The predicted molar refractivity (Wildman–Crippen MR) is 62.4 cm³/mol. The normalized spacial score (nSPS) is 13.4. The third-order valence-electron chi connectivity index (χ3n) is 1.84. The van der Waals surface area contributed by atoms with Gasteiger partial charge in [0.2, 0.25) is 5.91 Å². The Kier molecular flexibility index (Phi) is 7.12. The number of alkyl halides is 3. The van der Waals surface area contributed by atoms with Gasteiger partial charge in [0.25, 0.3) is 0 Å². The minimum absolute atomic E-state index is 0.0641. The van der Waals surface area contributed by atoms with Gasteiger partial charge < -0.3 is 10.4 Å². The number of carbonyl (C=O) groups excluding carboxylic acids is 1. The molecule has 0 heterocycles. The van der Waals surface area contributed by atoms with Crippen LogP contribution in [0.3, 0.4) is 0 Å². The van der Waals surface area contributed by atoms with Gasteiger partial charge in [0.15, 0.2) is 0 Å². The molecule has 0 fully saturated rings. The van der Waals surface area contributed by atoms with Crippen LogP contribution in [-0.2, 0) is 9.59 Å². The molecular weight excluding hydrogens is 271 g/mol. The molecule has 0 aromatic carbocycles. The molecule has 0 aliphatic carbocycles. The van der Waals surface area contributed by atoms with Crippen LogP contribution in [0.1, 0.15) is 20.3 Å². The molecule has 0 aromatic rings. The highest BCUT2D eigenvalue weighted by Gasteiger charge is 2.28. The first-order valence-electron chi connectivity index (χ1n) is 5.28. The van der Waals surface area contributed by atoms with Crippen molar-refractivity contribution >= 4 is 23.6 Å². The van der Waals surface area contributed by atoms with Gasteiger partial charge in [0.05, 0.1) is 11.5 Å². The van der Waals surface area contributed by atoms with E-state index in [9.17, 15) is 22.8 Å². The van der Waals surface area contributed by atoms with Crippen molar-refractivity contribution in [2.45, 2.75) is 32.5 Å². The maximum atomic E-state index is 11.8. The molecule has 106 valence electrons. The maximum absolute atomic E-state index is 11.8. The number of carboxylic acid groups (broad SMARTS) is 1. The molecule has 0 saturated heterocycles. The Hall–Kier alpha value is -0.920. The molecule has 4 nitrogen and oxygen atoms in total. The Bertz CT molecular complexity index is 295. The highest BCUT2D eigenvalue weighted by molar-refractivity contribution is 8.00. The first-order valence-corrected chi connectivity index (χ1v) is 6.44. The Labute approximate surface area is 107 Å². The highest BCUT2D eigenvalue weighted by atomic mass is 32.2. The summed E-state index contributed by atoms with van der Waals surface area (Å²) >= 11 is 0.411. The number of amides is 1. The summed E-state index contributed by atoms with van der Waals surface area (Å²) in [6.07, 6.45) is -4.08. The second kappa shape index (κ2) is 7.50. The lowest BCUT2D eigenvalue weighted by Gasteiger charge is -2.16. The molecule has 0 radical (unpaired) electrons. The first-order chi connectivity index (χ1) is 8.11. The molecule has 2 N–H and O–H groups in total. The first kappa shape index (κ1) is 17.1. The monoisotopic (exact) mass is 287 g/mol. The van der Waals surface area contributed by atoms with Gasteiger partial charge in [-0.15, -0.1) is 11.8 Å². The van der Waals surface area contributed by atoms with Crippen molar-refractivity contribution in [1.82, 2.24) is 5.32 Å². The van der Waals surface area contributed by atoms with Crippen molar-refractivity contribution in [3.63, 3.8) is 0 Å². The van der Waals surface area contributed by atoms with Gasteiger partial charge in [-0.3, -0.25) is 4.79 Å². The van der Waals surface area contributed by atoms with Crippen molar-refractivity contribution in [1.29, 1.82) is 0 Å². The van der Waals surface area contributed by atoms with Crippen molar-refractivity contribution in [3.8, 4) is 0 Å². The standard InChI is InChI=1S/C10H16F3NO3S/c1-6(2)3-7(9(16)17)14-8(15)4-18-5-10(11,12)13/h6-7H,3-5H2,1-2H3,(H,14,15)(H,16,17). The van der Waals surface area contributed by atoms with Crippen LogP contribution in [0.5, 0.6) is 0 Å². The van der Waals surface area contributed by atoms with Crippen molar-refractivity contribution in [2.24, 2.45) is 5.92 Å². The summed E-state index contributed by atoms with van der Waals surface area (Å²) in [4.78, 5) is 22.1. The lowest BCUT2D eigenvalue weighted by Crippen LogP contribution is -2.42. The minimum atomic E-state index is -4.32. The molecule has 1 unspecified atom stereocenters. The fourth-order valence-electron chi connectivity index (χ4n) is 1.19. The molecule has 0 saturated carbocycles. The number of nitrogens with one attached hydrogen (secondary N) is 1. The van der Waals surface area contributed by atoms with E-state index in [2.05, 4.69) is 5.32 Å². The summed E-state index contributed by atoms with van der Waals surface area (Å²) in [6.45, 7) is 3.58. The Balaban J connectivity index is 4.07. The van der Waals surface area contributed by atoms with Gasteiger partial charge in [0, 0.05) is 0 Å². The van der Waals surface area contributed by atoms with Gasteiger partial charge in [-0.1, -0.05) is 13.8 Å². The summed E-state index contributed by atoms with van der Waals surface area (Å²) in [7, 11) is 0. The van der Waals surface area contributed by atoms with E-state index in [-0.39, 0.29) is 12.3 Å². The summed E-state index contributed by atoms with van der Waals surface area (Å²) in [5.74, 6) is -3.34. The fraction of sp³-hybridized carbons (Fsp3) is 0.800. The van der Waals surface area contributed by atoms with E-state index in [1.54, 1.807) is 13.8 Å². The van der Waals surface area contributed by atoms with Crippen LogP contribution < -0.4 is 5.32 Å². The SMILES string of the molecule is CC(C)CC(NC(=O)CSCC(F)(F)F)C(=O)O. The van der Waals surface area contributed by atoms with Crippen LogP contribution in [0, 0.1) is 5.92 Å². The third kappa shape index (κ3) is 9.15. The number of carbonyl (C=O) groups is 2. The van der Waals surface area contributed by atoms with Crippen LogP contribution >= 0.6 is 11.8 Å². The molecule has 0 rings (SSSR count). The topological polar surface area (TPSA) is 66.4 Å². The summed E-state index contributed by atoms with van der Waals surface area (Å²) in [5.41, 5.74) is 0. The van der Waals surface area contributed by atoms with Crippen molar-refractivity contribution in [3.05, 3.63) is 0 Å². The molecule has 0 aliphatic heterocycles. The lowest BCUT2D eigenvalue weighted by atomic mass is 10.0. The summed E-state index contributed by atoms with van der Waals surface area (Å²) < 4.78 is 35.5. The number of carboxylic acids is 1. The largest absolute Gasteiger partial charge is 0.480 e. The van der Waals surface area contributed by atoms with Crippen molar-refractivity contribution < 1.29 is 27.9 Å². The van der Waals surface area contributed by atoms with Crippen LogP contribution in [0.25, 0.3) is 0 Å². The van der Waals surface area contributed by atoms with Gasteiger partial charge in [0.1, 0.15) is 6.04 Å². The minimum Gasteiger partial charge on any atom is -0.480 e. The second-order valence-electron chi connectivity index (χ2n) is 4.20. The van der Waals surface area contributed by atoms with Crippen LogP contribution in [0.2, 0.25) is 0 Å². The van der Waals surface area contributed by atoms with E-state index >= 15 is 0 Å². The summed E-state index contributed by atoms with van der Waals surface area (Å²) in [5, 5.41) is 11.0. The van der Waals surface area contributed by atoms with Gasteiger partial charge >= 0.3 is 12.1 Å². The van der Waals surface area contributed by atoms with E-state index in [0.29, 0.717) is 11.8 Å². The fourth-order valence-corrected chi connectivity index (χ4v) is 1.79. The average Bonchev–Trinajstić information content (AvgIpc) is 2.13. The highest BCUT2D eigenvalue weighted by Crippen LogP contribution is 2.20. The van der Waals surface area contributed by atoms with E-state index in [1.807, 2.05) is 0 Å². The molecule has 0 bridgehead atoms. The van der Waals surface area contributed by atoms with Gasteiger partial charge in [-0.05, 0) is 12.3 Å². The Morgan fingerprint density at radius 3 is 2.28 bits per heavy atom. The van der Waals surface area contributed by atoms with E-state index in [4.69, 9.17) is 5.11 Å². The van der Waals surface area contributed by atoms with Crippen LogP contribution in [0.4, 0.5) is 13.2 Å². The zero-order chi connectivity index (χ0) is 14.3. The van der Waals surface area contributed by atoms with Crippen LogP contribution in [-0.4, -0.2) is 40.7 Å². The average molecular weight is 287 g/mol. The zero-order valence-corrected chi connectivity index (χ0v) is 10.9. The van der Waals surface area contributed by atoms with Gasteiger partial charge in [-0.2, -0.15) is 13.2 Å². The maximum Gasteiger partial charge on any atom is 0.397 e. The molecule has 1 atom stereocenters. The van der Waals surface area contributed by atoms with Crippen LogP contribution in [0.15, 0.2) is 0 Å². The van der Waals surface area contributed by atoms with E-state index in [0.717, 1.165) is 0 Å². The number of halogens is 3. The molecule has 18 heavy (non-hydrogen) atoms. The Morgan fingerprint density at radius 1 is 1.33 bits per heavy atom. The van der Waals surface area contributed by atoms with E-state index < -0.39 is 35.6 Å². The zero-order valence-electron chi connectivity index (χ0n) is 10.1. The number of hydrogen-bond donors (Lipinski definition) is 2. The molecule has 0 aromatic heterocycles. The van der Waals surface area contributed by atoms with Crippen molar-refractivity contribution in [2.75, 3.05) is 11.5 Å². The van der Waals surface area contributed by atoms with E-state index in [1.165, 1.54) is 0 Å². The molecule has 0 aliphatic rings. The molecule has 1 amide bonds.